The first kappa shape index (κ1) is 14.1. The topological polar surface area (TPSA) is 69.6 Å². The van der Waals surface area contributed by atoms with E-state index >= 15 is 0 Å². The van der Waals surface area contributed by atoms with Crippen LogP contribution in [0.1, 0.15) is 5.56 Å². The van der Waals surface area contributed by atoms with Crippen molar-refractivity contribution in [3.05, 3.63) is 58.9 Å². The monoisotopic (exact) mass is 292 g/mol. The molecule has 2 amide bonds. The maximum Gasteiger partial charge on any atom is 0.413 e. The summed E-state index contributed by atoms with van der Waals surface area (Å²) >= 11 is 5.98. The first-order valence-electron chi connectivity index (χ1n) is 5.98. The molecule has 0 radical (unpaired) electrons. The lowest BCUT2D eigenvalue weighted by molar-refractivity contribution is -0.120. The fraction of sp³-hybridized carbons (Fsp3) is 0.143. The third-order valence-corrected chi connectivity index (χ3v) is 3.14. The molecule has 1 aromatic carbocycles. The van der Waals surface area contributed by atoms with Crippen molar-refractivity contribution in [2.24, 2.45) is 0 Å². The predicted octanol–water partition coefficient (Wildman–Crippen LogP) is 2.39. The summed E-state index contributed by atoms with van der Waals surface area (Å²) in [5.41, 5.74) is 0.695. The molecule has 20 heavy (non-hydrogen) atoms. The van der Waals surface area contributed by atoms with Crippen LogP contribution in [0.25, 0.3) is 0 Å². The molecule has 0 fully saturated rings. The van der Waals surface area contributed by atoms with Gasteiger partial charge in [-0.15, -0.1) is 0 Å². The minimum atomic E-state index is -1.11. The van der Waals surface area contributed by atoms with E-state index in [-0.39, 0.29) is 24.7 Å². The van der Waals surface area contributed by atoms with E-state index in [2.05, 4.69) is 5.32 Å². The maximum atomic E-state index is 11.9. The van der Waals surface area contributed by atoms with Crippen LogP contribution in [0.4, 0.5) is 4.79 Å². The Morgan fingerprint density at radius 2 is 2.10 bits per heavy atom. The van der Waals surface area contributed by atoms with Crippen LogP contribution in [-0.4, -0.2) is 28.6 Å². The number of nitrogens with zero attached hydrogens (tertiary/aromatic N) is 1. The molecular weight excluding hydrogens is 280 g/mol. The molecule has 1 aliphatic rings. The molecule has 1 aliphatic heterocycles. The molecule has 0 spiro atoms. The summed E-state index contributed by atoms with van der Waals surface area (Å²) in [4.78, 5) is 24.0. The van der Waals surface area contributed by atoms with Gasteiger partial charge in [-0.3, -0.25) is 9.69 Å². The Morgan fingerprint density at radius 3 is 2.80 bits per heavy atom. The first-order chi connectivity index (χ1) is 9.58. The van der Waals surface area contributed by atoms with Crippen molar-refractivity contribution >= 4 is 23.6 Å². The molecule has 0 unspecified atom stereocenters. The first-order valence-corrected chi connectivity index (χ1v) is 6.36. The lowest BCUT2D eigenvalue weighted by Gasteiger charge is -2.23. The van der Waals surface area contributed by atoms with Crippen molar-refractivity contribution in [3.63, 3.8) is 0 Å². The Kier molecular flexibility index (Phi) is 4.42. The molecule has 0 bridgehead atoms. The second kappa shape index (κ2) is 6.25. The molecule has 0 saturated heterocycles. The van der Waals surface area contributed by atoms with Crippen LogP contribution < -0.4 is 5.32 Å². The van der Waals surface area contributed by atoms with Crippen LogP contribution in [0.15, 0.2) is 48.3 Å². The molecule has 104 valence electrons. The number of carboxylic acid groups (broad SMARTS) is 1. The van der Waals surface area contributed by atoms with Gasteiger partial charge in [0.1, 0.15) is 5.82 Å². The highest BCUT2D eigenvalue weighted by molar-refractivity contribution is 6.31. The number of hydrogen-bond acceptors (Lipinski definition) is 2. The van der Waals surface area contributed by atoms with Gasteiger partial charge in [0.05, 0.1) is 6.42 Å². The van der Waals surface area contributed by atoms with E-state index in [0.29, 0.717) is 10.6 Å². The molecule has 5 nitrogen and oxygen atoms in total. The largest absolute Gasteiger partial charge is 0.465 e. The Balaban J connectivity index is 2.04. The molecule has 2 N–H and O–H groups in total. The number of amides is 2. The van der Waals surface area contributed by atoms with Gasteiger partial charge in [0, 0.05) is 11.6 Å². The number of nitrogens with one attached hydrogen (secondary N) is 1. The second-order valence-corrected chi connectivity index (χ2v) is 4.60. The van der Waals surface area contributed by atoms with Gasteiger partial charge >= 0.3 is 6.09 Å². The number of allylic oxidation sites excluding steroid dienone is 2. The molecule has 2 rings (SSSR count). The average Bonchev–Trinajstić information content (AvgIpc) is 2.41. The predicted molar refractivity (Wildman–Crippen MR) is 75.3 cm³/mol. The van der Waals surface area contributed by atoms with Crippen LogP contribution in [0.2, 0.25) is 5.02 Å². The Bertz CT molecular complexity index is 596. The third-order valence-electron chi connectivity index (χ3n) is 2.78. The van der Waals surface area contributed by atoms with Gasteiger partial charge in [-0.1, -0.05) is 42.0 Å². The summed E-state index contributed by atoms with van der Waals surface area (Å²) < 4.78 is 0. The highest BCUT2D eigenvalue weighted by Crippen LogP contribution is 2.16. The molecule has 6 heteroatoms. The van der Waals surface area contributed by atoms with Crippen molar-refractivity contribution < 1.29 is 14.7 Å². The number of benzene rings is 1. The van der Waals surface area contributed by atoms with Crippen molar-refractivity contribution in [2.75, 3.05) is 6.54 Å². The normalized spacial score (nSPS) is 13.8. The molecule has 0 aliphatic carbocycles. The highest BCUT2D eigenvalue weighted by Gasteiger charge is 2.19. The Hall–Kier alpha value is -2.27. The van der Waals surface area contributed by atoms with Gasteiger partial charge in [-0.2, -0.15) is 0 Å². The summed E-state index contributed by atoms with van der Waals surface area (Å²) in [6.45, 7) is 0.216. The molecule has 1 aromatic rings. The van der Waals surface area contributed by atoms with Crippen LogP contribution >= 0.6 is 11.6 Å². The van der Waals surface area contributed by atoms with Gasteiger partial charge < -0.3 is 10.4 Å². The van der Waals surface area contributed by atoms with Crippen LogP contribution in [-0.2, 0) is 11.2 Å². The van der Waals surface area contributed by atoms with E-state index in [1.54, 1.807) is 42.5 Å². The van der Waals surface area contributed by atoms with E-state index in [1.807, 2.05) is 0 Å². The SMILES string of the molecule is O=C(Cc1ccccc1Cl)NC1=CC=CCN1C(=O)O. The minimum absolute atomic E-state index is 0.0915. The Morgan fingerprint density at radius 1 is 1.35 bits per heavy atom. The lowest BCUT2D eigenvalue weighted by Crippen LogP contribution is -2.40. The molecule has 0 saturated carbocycles. The summed E-state index contributed by atoms with van der Waals surface area (Å²) in [6, 6.07) is 7.04. The fourth-order valence-electron chi connectivity index (χ4n) is 1.81. The van der Waals surface area contributed by atoms with E-state index in [4.69, 9.17) is 16.7 Å². The number of hydrogen-bond donors (Lipinski definition) is 2. The van der Waals surface area contributed by atoms with E-state index < -0.39 is 6.09 Å². The molecule has 1 heterocycles. The standard InChI is InChI=1S/C14H13ClN2O3/c15-11-6-2-1-5-10(11)9-13(18)16-12-7-3-4-8-17(12)14(19)20/h1-7H,8-9H2,(H,16,18)(H,19,20). The van der Waals surface area contributed by atoms with Gasteiger partial charge in [-0.05, 0) is 17.7 Å². The summed E-state index contributed by atoms with van der Waals surface area (Å²) in [5.74, 6) is -0.0667. The number of carbonyl (C=O) groups is 2. The minimum Gasteiger partial charge on any atom is -0.465 e. The summed E-state index contributed by atoms with van der Waals surface area (Å²) in [5, 5.41) is 12.1. The van der Waals surface area contributed by atoms with Crippen LogP contribution in [0.5, 0.6) is 0 Å². The quantitative estimate of drug-likeness (QED) is 0.899. The maximum absolute atomic E-state index is 11.9. The second-order valence-electron chi connectivity index (χ2n) is 4.19. The van der Waals surface area contributed by atoms with E-state index in [9.17, 15) is 9.59 Å². The number of rotatable bonds is 3. The van der Waals surface area contributed by atoms with E-state index in [1.165, 1.54) is 0 Å². The fourth-order valence-corrected chi connectivity index (χ4v) is 2.01. The third kappa shape index (κ3) is 3.39. The molecule has 0 aromatic heterocycles. The Labute approximate surface area is 121 Å². The van der Waals surface area contributed by atoms with Gasteiger partial charge in [0.15, 0.2) is 0 Å². The van der Waals surface area contributed by atoms with Gasteiger partial charge in [0.2, 0.25) is 5.91 Å². The van der Waals surface area contributed by atoms with Crippen molar-refractivity contribution in [2.45, 2.75) is 6.42 Å². The summed E-state index contributed by atoms with van der Waals surface area (Å²) in [6.07, 6.45) is 3.91. The molecule has 0 atom stereocenters. The van der Waals surface area contributed by atoms with E-state index in [0.717, 1.165) is 4.90 Å². The van der Waals surface area contributed by atoms with Crippen LogP contribution in [0, 0.1) is 0 Å². The van der Waals surface area contributed by atoms with Crippen molar-refractivity contribution in [1.82, 2.24) is 10.2 Å². The highest BCUT2D eigenvalue weighted by atomic mass is 35.5. The number of halogens is 1. The van der Waals surface area contributed by atoms with Gasteiger partial charge in [-0.25, -0.2) is 4.79 Å². The zero-order valence-electron chi connectivity index (χ0n) is 10.5. The van der Waals surface area contributed by atoms with Crippen LogP contribution in [0.3, 0.4) is 0 Å². The smallest absolute Gasteiger partial charge is 0.413 e. The lowest BCUT2D eigenvalue weighted by atomic mass is 10.1. The van der Waals surface area contributed by atoms with Crippen molar-refractivity contribution in [3.8, 4) is 0 Å². The average molecular weight is 293 g/mol. The zero-order valence-corrected chi connectivity index (χ0v) is 11.3. The zero-order chi connectivity index (χ0) is 14.5. The van der Waals surface area contributed by atoms with Gasteiger partial charge in [0.25, 0.3) is 0 Å². The van der Waals surface area contributed by atoms with Crippen molar-refractivity contribution in [1.29, 1.82) is 0 Å². The molecular formula is C14H13ClN2O3. The number of carbonyl (C=O) groups excluding carboxylic acids is 1. The summed E-state index contributed by atoms with van der Waals surface area (Å²) in [7, 11) is 0.